The molecule has 0 radical (unpaired) electrons. The first-order chi connectivity index (χ1) is 8.81. The Kier molecular flexibility index (Phi) is 3.41. The minimum absolute atomic E-state index is 0.607. The zero-order chi connectivity index (χ0) is 12.5. The largest absolute Gasteiger partial charge is 0.338 e. The first-order valence-corrected chi connectivity index (χ1v) is 7.65. The van der Waals surface area contributed by atoms with Crippen molar-refractivity contribution in [3.05, 3.63) is 4.77 Å². The molecule has 5 heteroatoms. The van der Waals surface area contributed by atoms with E-state index >= 15 is 0 Å². The summed E-state index contributed by atoms with van der Waals surface area (Å²) in [4.78, 5) is 2.50. The van der Waals surface area contributed by atoms with E-state index in [2.05, 4.69) is 26.6 Å². The van der Waals surface area contributed by atoms with Crippen LogP contribution in [0, 0.1) is 4.77 Å². The first-order valence-electron chi connectivity index (χ1n) is 7.24. The predicted molar refractivity (Wildman–Crippen MR) is 75.6 cm³/mol. The molecule has 4 nitrogen and oxygen atoms in total. The third kappa shape index (κ3) is 2.20. The van der Waals surface area contributed by atoms with E-state index in [1.165, 1.54) is 44.9 Å². The van der Waals surface area contributed by atoms with Crippen LogP contribution in [0.25, 0.3) is 0 Å². The van der Waals surface area contributed by atoms with Gasteiger partial charge in [0, 0.05) is 18.6 Å². The Labute approximate surface area is 113 Å². The summed E-state index contributed by atoms with van der Waals surface area (Å²) < 4.78 is 3.05. The van der Waals surface area contributed by atoms with Gasteiger partial charge in [0.2, 0.25) is 5.95 Å². The molecule has 1 atom stereocenters. The average molecular weight is 266 g/mol. The van der Waals surface area contributed by atoms with Crippen LogP contribution in [0.4, 0.5) is 5.95 Å². The lowest BCUT2D eigenvalue weighted by atomic mass is 9.99. The van der Waals surface area contributed by atoms with E-state index in [9.17, 15) is 0 Å². The van der Waals surface area contributed by atoms with Crippen LogP contribution < -0.4 is 4.90 Å². The molecule has 1 saturated carbocycles. The van der Waals surface area contributed by atoms with Gasteiger partial charge in [-0.3, -0.25) is 4.57 Å². The van der Waals surface area contributed by atoms with Crippen molar-refractivity contribution in [2.24, 2.45) is 0 Å². The fourth-order valence-electron chi connectivity index (χ4n) is 3.06. The number of aromatic nitrogens is 3. The molecule has 2 fully saturated rings. The van der Waals surface area contributed by atoms with Gasteiger partial charge in [0.25, 0.3) is 0 Å². The summed E-state index contributed by atoms with van der Waals surface area (Å²) in [6, 6.07) is 1.27. The summed E-state index contributed by atoms with van der Waals surface area (Å²) >= 11 is 5.38. The van der Waals surface area contributed by atoms with Crippen LogP contribution in [0.5, 0.6) is 0 Å². The second-order valence-electron chi connectivity index (χ2n) is 5.56. The second-order valence-corrected chi connectivity index (χ2v) is 5.95. The summed E-state index contributed by atoms with van der Waals surface area (Å²) in [5.74, 6) is 1.10. The van der Waals surface area contributed by atoms with Crippen molar-refractivity contribution in [2.75, 3.05) is 11.4 Å². The molecule has 0 spiro atoms. The van der Waals surface area contributed by atoms with Crippen LogP contribution in [0.15, 0.2) is 0 Å². The topological polar surface area (TPSA) is 36.9 Å². The molecular formula is C13H22N4S. The molecule has 1 aromatic rings. The number of rotatable bonds is 4. The van der Waals surface area contributed by atoms with Crippen LogP contribution in [-0.4, -0.2) is 27.4 Å². The van der Waals surface area contributed by atoms with E-state index in [-0.39, 0.29) is 0 Å². The van der Waals surface area contributed by atoms with Gasteiger partial charge in [-0.05, 0) is 50.7 Å². The van der Waals surface area contributed by atoms with Gasteiger partial charge in [-0.1, -0.05) is 13.3 Å². The molecule has 2 aliphatic rings. The van der Waals surface area contributed by atoms with Gasteiger partial charge in [0.05, 0.1) is 0 Å². The van der Waals surface area contributed by atoms with Crippen LogP contribution in [0.3, 0.4) is 0 Å². The molecule has 1 aliphatic heterocycles. The third-order valence-electron chi connectivity index (χ3n) is 4.10. The number of H-pyrrole nitrogens is 1. The van der Waals surface area contributed by atoms with Crippen LogP contribution in [0.1, 0.15) is 57.9 Å². The Morgan fingerprint density at radius 3 is 2.89 bits per heavy atom. The Bertz CT molecular complexity index is 458. The Balaban J connectivity index is 1.89. The van der Waals surface area contributed by atoms with Crippen molar-refractivity contribution < 1.29 is 0 Å². The lowest BCUT2D eigenvalue weighted by Crippen LogP contribution is -2.41. The highest BCUT2D eigenvalue weighted by molar-refractivity contribution is 7.71. The van der Waals surface area contributed by atoms with Crippen molar-refractivity contribution in [3.63, 3.8) is 0 Å². The van der Waals surface area contributed by atoms with E-state index in [1.54, 1.807) is 0 Å². The average Bonchev–Trinajstić information content (AvgIpc) is 3.14. The maximum absolute atomic E-state index is 5.38. The number of aromatic amines is 1. The SMILES string of the molecule is CCCC1CCCCN1c1n[nH]c(=S)n1C1CC1. The van der Waals surface area contributed by atoms with Crippen molar-refractivity contribution in [1.29, 1.82) is 0 Å². The Morgan fingerprint density at radius 2 is 2.17 bits per heavy atom. The quantitative estimate of drug-likeness (QED) is 0.848. The summed E-state index contributed by atoms with van der Waals surface area (Å²) in [7, 11) is 0. The van der Waals surface area contributed by atoms with E-state index in [4.69, 9.17) is 12.2 Å². The molecule has 0 bridgehead atoms. The lowest BCUT2D eigenvalue weighted by molar-refractivity contribution is 0.423. The molecule has 2 heterocycles. The van der Waals surface area contributed by atoms with Gasteiger partial charge in [-0.2, -0.15) is 0 Å². The zero-order valence-electron chi connectivity index (χ0n) is 11.1. The molecule has 100 valence electrons. The van der Waals surface area contributed by atoms with Crippen LogP contribution in [-0.2, 0) is 0 Å². The monoisotopic (exact) mass is 266 g/mol. The smallest absolute Gasteiger partial charge is 0.226 e. The minimum atomic E-state index is 0.607. The number of nitrogens with zero attached hydrogens (tertiary/aromatic N) is 3. The molecule has 0 aromatic carbocycles. The molecule has 3 rings (SSSR count). The number of nitrogens with one attached hydrogen (secondary N) is 1. The van der Waals surface area contributed by atoms with Gasteiger partial charge < -0.3 is 4.90 Å². The third-order valence-corrected chi connectivity index (χ3v) is 4.39. The number of anilines is 1. The van der Waals surface area contributed by atoms with Gasteiger partial charge in [-0.25, -0.2) is 5.10 Å². The number of hydrogen-bond donors (Lipinski definition) is 1. The summed E-state index contributed by atoms with van der Waals surface area (Å²) in [6.45, 7) is 3.40. The highest BCUT2D eigenvalue weighted by Gasteiger charge is 2.32. The van der Waals surface area contributed by atoms with Gasteiger partial charge in [-0.15, -0.1) is 5.10 Å². The molecule has 0 amide bonds. The van der Waals surface area contributed by atoms with Gasteiger partial charge in [0.1, 0.15) is 0 Å². The fraction of sp³-hybridized carbons (Fsp3) is 0.846. The van der Waals surface area contributed by atoms with Crippen molar-refractivity contribution in [1.82, 2.24) is 14.8 Å². The molecule has 1 aliphatic carbocycles. The highest BCUT2D eigenvalue weighted by Crippen LogP contribution is 2.39. The minimum Gasteiger partial charge on any atom is -0.338 e. The van der Waals surface area contributed by atoms with E-state index in [0.29, 0.717) is 12.1 Å². The first kappa shape index (κ1) is 12.2. The normalized spacial score (nSPS) is 24.5. The predicted octanol–water partition coefficient (Wildman–Crippen LogP) is 3.43. The standard InChI is InChI=1S/C13H22N4S/c1-2-5-10-6-3-4-9-16(10)12-14-15-13(18)17(12)11-7-8-11/h10-11H,2-9H2,1H3,(H,15,18). The maximum atomic E-state index is 5.38. The fourth-order valence-corrected chi connectivity index (χ4v) is 3.33. The summed E-state index contributed by atoms with van der Waals surface area (Å²) in [6.07, 6.45) is 8.97. The molecule has 1 unspecified atom stereocenters. The van der Waals surface area contributed by atoms with Crippen LogP contribution >= 0.6 is 12.2 Å². The van der Waals surface area contributed by atoms with Crippen molar-refractivity contribution in [2.45, 2.75) is 64.0 Å². The maximum Gasteiger partial charge on any atom is 0.226 e. The Hall–Kier alpha value is -0.840. The highest BCUT2D eigenvalue weighted by atomic mass is 32.1. The van der Waals surface area contributed by atoms with Crippen molar-refractivity contribution >= 4 is 18.2 Å². The van der Waals surface area contributed by atoms with E-state index in [1.807, 2.05) is 0 Å². The van der Waals surface area contributed by atoms with Gasteiger partial charge in [0.15, 0.2) is 4.77 Å². The van der Waals surface area contributed by atoms with Crippen LogP contribution in [0.2, 0.25) is 0 Å². The molecule has 1 saturated heterocycles. The van der Waals surface area contributed by atoms with E-state index < -0.39 is 0 Å². The lowest BCUT2D eigenvalue weighted by Gasteiger charge is -2.36. The summed E-state index contributed by atoms with van der Waals surface area (Å²) in [5, 5.41) is 7.50. The molecule has 18 heavy (non-hydrogen) atoms. The number of piperidine rings is 1. The molecular weight excluding hydrogens is 244 g/mol. The second kappa shape index (κ2) is 5.03. The summed E-state index contributed by atoms with van der Waals surface area (Å²) in [5.41, 5.74) is 0. The molecule has 1 N–H and O–H groups in total. The van der Waals surface area contributed by atoms with Crippen molar-refractivity contribution in [3.8, 4) is 0 Å². The Morgan fingerprint density at radius 1 is 1.33 bits per heavy atom. The van der Waals surface area contributed by atoms with E-state index in [0.717, 1.165) is 17.3 Å². The molecule has 1 aromatic heterocycles. The zero-order valence-corrected chi connectivity index (χ0v) is 11.9. The number of hydrogen-bond acceptors (Lipinski definition) is 3. The van der Waals surface area contributed by atoms with Gasteiger partial charge >= 0.3 is 0 Å².